The highest BCUT2D eigenvalue weighted by Gasteiger charge is 2.42. The molecular formula is C43H38N2O7. The lowest BCUT2D eigenvalue weighted by Crippen LogP contribution is -2.45. The number of ether oxygens (including phenoxy) is 3. The number of aryl methyl sites for hydroxylation is 1. The summed E-state index contributed by atoms with van der Waals surface area (Å²) in [7, 11) is 0. The Kier molecular flexibility index (Phi) is 8.25. The van der Waals surface area contributed by atoms with Gasteiger partial charge in [-0.3, -0.25) is 24.1 Å². The van der Waals surface area contributed by atoms with Crippen LogP contribution in [0.25, 0.3) is 0 Å². The first-order valence-electron chi connectivity index (χ1n) is 17.0. The van der Waals surface area contributed by atoms with Gasteiger partial charge in [-0.15, -0.1) is 0 Å². The number of nitrogens with zero attached hydrogens (tertiary/aromatic N) is 2. The van der Waals surface area contributed by atoms with Gasteiger partial charge in [0.15, 0.2) is 0 Å². The van der Waals surface area contributed by atoms with Gasteiger partial charge in [-0.25, -0.2) is 4.90 Å². The van der Waals surface area contributed by atoms with Crippen LogP contribution in [0.5, 0.6) is 34.5 Å². The van der Waals surface area contributed by atoms with Crippen LogP contribution in [-0.2, 0) is 5.41 Å². The normalized spacial score (nSPS) is 14.1. The maximum atomic E-state index is 13.7. The van der Waals surface area contributed by atoms with Crippen molar-refractivity contribution in [2.45, 2.75) is 59.4 Å². The first kappa shape index (κ1) is 34.2. The minimum absolute atomic E-state index is 0.0225. The van der Waals surface area contributed by atoms with Crippen molar-refractivity contribution in [3.8, 4) is 34.5 Å². The molecule has 0 fully saturated rings. The molecule has 9 heteroatoms. The Labute approximate surface area is 302 Å². The average molecular weight is 695 g/mol. The Bertz CT molecular complexity index is 2310. The Balaban J connectivity index is 1.08. The summed E-state index contributed by atoms with van der Waals surface area (Å²) in [5, 5.41) is 0. The van der Waals surface area contributed by atoms with Crippen LogP contribution in [0.1, 0.15) is 94.1 Å². The van der Waals surface area contributed by atoms with Gasteiger partial charge in [-0.05, 0) is 111 Å². The van der Waals surface area contributed by atoms with E-state index in [1.807, 2.05) is 43.3 Å². The predicted octanol–water partition coefficient (Wildman–Crippen LogP) is 9.86. The molecule has 2 aliphatic rings. The maximum Gasteiger partial charge on any atom is 0.266 e. The summed E-state index contributed by atoms with van der Waals surface area (Å²) >= 11 is 0. The SMILES string of the molecule is Cc1ccc(Oc2cccc(C(C)(C)C)c2)cc1Oc1cccc(N2C(=O)c3ccc(Oc4ccc5c(c4)C(=O)N(C(C)(C)C)C5=O)cc3C2=O)c1. The maximum absolute atomic E-state index is 13.7. The van der Waals surface area contributed by atoms with Crippen LogP contribution in [0.2, 0.25) is 0 Å². The van der Waals surface area contributed by atoms with Gasteiger partial charge in [0.25, 0.3) is 23.6 Å². The zero-order valence-electron chi connectivity index (χ0n) is 30.1. The number of carbonyl (C=O) groups excluding carboxylic acids is 4. The lowest BCUT2D eigenvalue weighted by Gasteiger charge is -2.29. The largest absolute Gasteiger partial charge is 0.457 e. The Morgan fingerprint density at radius 1 is 0.481 bits per heavy atom. The number of hydrogen-bond donors (Lipinski definition) is 0. The fourth-order valence-electron chi connectivity index (χ4n) is 6.28. The zero-order valence-corrected chi connectivity index (χ0v) is 30.1. The van der Waals surface area contributed by atoms with Gasteiger partial charge in [-0.2, -0.15) is 0 Å². The molecule has 0 unspecified atom stereocenters. The molecule has 0 bridgehead atoms. The molecule has 0 radical (unpaired) electrons. The molecule has 0 atom stereocenters. The molecule has 0 spiro atoms. The van der Waals surface area contributed by atoms with E-state index in [2.05, 4.69) is 26.8 Å². The second-order valence-corrected chi connectivity index (χ2v) is 15.0. The number of benzene rings is 5. The average Bonchev–Trinajstić information content (AvgIpc) is 3.49. The van der Waals surface area contributed by atoms with E-state index in [0.717, 1.165) is 21.8 Å². The summed E-state index contributed by atoms with van der Waals surface area (Å²) in [6, 6.07) is 29.7. The topological polar surface area (TPSA) is 102 Å². The number of rotatable bonds is 7. The molecule has 0 aromatic heterocycles. The van der Waals surface area contributed by atoms with Crippen molar-refractivity contribution < 1.29 is 33.4 Å². The molecule has 262 valence electrons. The fraction of sp³-hybridized carbons (Fsp3) is 0.209. The number of anilines is 1. The lowest BCUT2D eigenvalue weighted by atomic mass is 9.87. The van der Waals surface area contributed by atoms with Gasteiger partial charge in [0.1, 0.15) is 34.5 Å². The molecule has 0 N–H and O–H groups in total. The van der Waals surface area contributed by atoms with Gasteiger partial charge in [-0.1, -0.05) is 45.0 Å². The quantitative estimate of drug-likeness (QED) is 0.156. The van der Waals surface area contributed by atoms with Crippen LogP contribution in [0, 0.1) is 6.92 Å². The molecule has 2 aliphatic heterocycles. The van der Waals surface area contributed by atoms with Gasteiger partial charge in [0.2, 0.25) is 0 Å². The number of amides is 4. The lowest BCUT2D eigenvalue weighted by molar-refractivity contribution is 0.0507. The first-order chi connectivity index (χ1) is 24.6. The molecule has 0 saturated carbocycles. The van der Waals surface area contributed by atoms with Crippen LogP contribution < -0.4 is 19.1 Å². The smallest absolute Gasteiger partial charge is 0.266 e. The minimum Gasteiger partial charge on any atom is -0.457 e. The summed E-state index contributed by atoms with van der Waals surface area (Å²) in [6.45, 7) is 13.8. The molecule has 5 aromatic carbocycles. The third kappa shape index (κ3) is 6.30. The molecule has 52 heavy (non-hydrogen) atoms. The van der Waals surface area contributed by atoms with E-state index in [0.29, 0.717) is 40.0 Å². The van der Waals surface area contributed by atoms with Crippen molar-refractivity contribution in [2.75, 3.05) is 4.90 Å². The zero-order chi connectivity index (χ0) is 37.1. The third-order valence-corrected chi connectivity index (χ3v) is 9.02. The third-order valence-electron chi connectivity index (χ3n) is 9.02. The molecule has 9 nitrogen and oxygen atoms in total. The summed E-state index contributed by atoms with van der Waals surface area (Å²) in [5.41, 5.74) is 2.64. The summed E-state index contributed by atoms with van der Waals surface area (Å²) < 4.78 is 18.5. The van der Waals surface area contributed by atoms with Crippen LogP contribution in [0.3, 0.4) is 0 Å². The molecule has 0 aliphatic carbocycles. The molecule has 7 rings (SSSR count). The van der Waals surface area contributed by atoms with E-state index < -0.39 is 23.3 Å². The van der Waals surface area contributed by atoms with Crippen molar-refractivity contribution in [1.82, 2.24) is 4.90 Å². The van der Waals surface area contributed by atoms with Crippen molar-refractivity contribution in [3.05, 3.63) is 137 Å². The molecule has 5 aromatic rings. The van der Waals surface area contributed by atoms with Gasteiger partial charge in [0, 0.05) is 17.7 Å². The first-order valence-corrected chi connectivity index (χ1v) is 17.0. The Morgan fingerprint density at radius 3 is 1.62 bits per heavy atom. The van der Waals surface area contributed by atoms with E-state index in [1.54, 1.807) is 69.3 Å². The monoisotopic (exact) mass is 694 g/mol. The van der Waals surface area contributed by atoms with Crippen molar-refractivity contribution in [1.29, 1.82) is 0 Å². The highest BCUT2D eigenvalue weighted by molar-refractivity contribution is 6.34. The number of fused-ring (bicyclic) bond motifs is 2. The Morgan fingerprint density at radius 2 is 0.981 bits per heavy atom. The summed E-state index contributed by atoms with van der Waals surface area (Å²) in [5.74, 6) is 1.19. The predicted molar refractivity (Wildman–Crippen MR) is 197 cm³/mol. The number of carbonyl (C=O) groups is 4. The molecule has 4 amide bonds. The fourth-order valence-corrected chi connectivity index (χ4v) is 6.28. The van der Waals surface area contributed by atoms with E-state index in [9.17, 15) is 19.2 Å². The van der Waals surface area contributed by atoms with E-state index >= 15 is 0 Å². The van der Waals surface area contributed by atoms with Crippen LogP contribution >= 0.6 is 0 Å². The van der Waals surface area contributed by atoms with Gasteiger partial charge in [0.05, 0.1) is 27.9 Å². The minimum atomic E-state index is -0.683. The molecule has 0 saturated heterocycles. The van der Waals surface area contributed by atoms with E-state index in [1.165, 1.54) is 17.0 Å². The van der Waals surface area contributed by atoms with Crippen molar-refractivity contribution in [2.24, 2.45) is 0 Å². The van der Waals surface area contributed by atoms with Gasteiger partial charge >= 0.3 is 0 Å². The van der Waals surface area contributed by atoms with Crippen LogP contribution in [0.15, 0.2) is 103 Å². The number of imide groups is 2. The second-order valence-electron chi connectivity index (χ2n) is 15.0. The van der Waals surface area contributed by atoms with Crippen LogP contribution in [-0.4, -0.2) is 34.1 Å². The number of hydrogen-bond acceptors (Lipinski definition) is 7. The van der Waals surface area contributed by atoms with E-state index in [-0.39, 0.29) is 28.0 Å². The standard InChI is InChI=1S/C43H38N2O7/c1-25-14-15-32(50-28-12-8-10-26(20-28)42(2,3)4)24-37(25)52-29-13-9-11-27(21-29)44-38(46)33-18-16-30(22-35(33)39(44)47)51-31-17-19-34-36(23-31)41(49)45(40(34)48)43(5,6)7/h8-24H,1-7H3. The van der Waals surface area contributed by atoms with E-state index in [4.69, 9.17) is 14.2 Å². The second kappa shape index (κ2) is 12.5. The Hall–Kier alpha value is -6.22. The van der Waals surface area contributed by atoms with Crippen molar-refractivity contribution >= 4 is 29.3 Å². The van der Waals surface area contributed by atoms with Gasteiger partial charge < -0.3 is 14.2 Å². The molecular weight excluding hydrogens is 656 g/mol. The van der Waals surface area contributed by atoms with Crippen LogP contribution in [0.4, 0.5) is 5.69 Å². The summed E-state index contributed by atoms with van der Waals surface area (Å²) in [4.78, 5) is 55.5. The van der Waals surface area contributed by atoms with Crippen molar-refractivity contribution in [3.63, 3.8) is 0 Å². The molecule has 2 heterocycles. The summed E-state index contributed by atoms with van der Waals surface area (Å²) in [6.07, 6.45) is 0. The highest BCUT2D eigenvalue weighted by Crippen LogP contribution is 2.38. The highest BCUT2D eigenvalue weighted by atomic mass is 16.5.